The molecule has 0 bridgehead atoms. The van der Waals surface area contributed by atoms with Crippen molar-refractivity contribution in [1.82, 2.24) is 24.8 Å². The van der Waals surface area contributed by atoms with Crippen molar-refractivity contribution in [3.8, 4) is 0 Å². The number of hydrogen-bond donors (Lipinski definition) is 2. The van der Waals surface area contributed by atoms with Gasteiger partial charge in [0, 0.05) is 37.4 Å². The normalized spacial score (nSPS) is 11.3. The lowest BCUT2D eigenvalue weighted by atomic mass is 10.0. The summed E-state index contributed by atoms with van der Waals surface area (Å²) < 4.78 is 1.41. The maximum absolute atomic E-state index is 13.2. The van der Waals surface area contributed by atoms with Gasteiger partial charge in [0.05, 0.1) is 10.9 Å². The van der Waals surface area contributed by atoms with Crippen LogP contribution in [0.5, 0.6) is 0 Å². The molecule has 0 radical (unpaired) electrons. The van der Waals surface area contributed by atoms with Crippen LogP contribution in [0.2, 0.25) is 0 Å². The van der Waals surface area contributed by atoms with E-state index in [1.165, 1.54) is 4.57 Å². The summed E-state index contributed by atoms with van der Waals surface area (Å²) in [5.41, 5.74) is 1.21. The smallest absolute Gasteiger partial charge is 0.329 e. The summed E-state index contributed by atoms with van der Waals surface area (Å²) in [6, 6.07) is 8.74. The van der Waals surface area contributed by atoms with Crippen LogP contribution in [0.1, 0.15) is 78.9 Å². The number of rotatable bonds is 8. The van der Waals surface area contributed by atoms with Crippen LogP contribution in [0.3, 0.4) is 0 Å². The van der Waals surface area contributed by atoms with E-state index in [1.54, 1.807) is 42.3 Å². The zero-order chi connectivity index (χ0) is 25.9. The van der Waals surface area contributed by atoms with Gasteiger partial charge in [-0.05, 0) is 49.9 Å². The Kier molecular flexibility index (Phi) is 7.89. The van der Waals surface area contributed by atoms with Crippen molar-refractivity contribution in [2.75, 3.05) is 7.05 Å². The molecule has 9 heteroatoms. The average Bonchev–Trinajstić information content (AvgIpc) is 2.83. The predicted octanol–water partition coefficient (Wildman–Crippen LogP) is 3.03. The molecule has 0 aliphatic heterocycles. The highest BCUT2D eigenvalue weighted by molar-refractivity contribution is 6.05. The summed E-state index contributed by atoms with van der Waals surface area (Å²) in [4.78, 5) is 59.4. The fourth-order valence-corrected chi connectivity index (χ4v) is 3.68. The number of aromatic amines is 1. The van der Waals surface area contributed by atoms with Crippen LogP contribution < -0.4 is 16.6 Å². The molecule has 0 spiro atoms. The van der Waals surface area contributed by atoms with Gasteiger partial charge in [-0.2, -0.15) is 0 Å². The molecule has 0 aliphatic carbocycles. The van der Waals surface area contributed by atoms with E-state index in [0.717, 1.165) is 5.56 Å². The van der Waals surface area contributed by atoms with Crippen LogP contribution in [-0.2, 0) is 13.1 Å². The molecule has 0 fully saturated rings. The molecular weight excluding hydrogens is 446 g/mol. The second kappa shape index (κ2) is 10.7. The van der Waals surface area contributed by atoms with Gasteiger partial charge in [-0.15, -0.1) is 0 Å². The first-order valence-corrected chi connectivity index (χ1v) is 11.9. The minimum Gasteiger partial charge on any atom is -0.348 e. The third-order valence-electron chi connectivity index (χ3n) is 6.00. The lowest BCUT2D eigenvalue weighted by Gasteiger charge is -2.21. The van der Waals surface area contributed by atoms with Crippen LogP contribution in [0.4, 0.5) is 0 Å². The maximum atomic E-state index is 13.2. The second-order valence-electron chi connectivity index (χ2n) is 9.25. The fraction of sp³-hybridized carbons (Fsp3) is 0.423. The van der Waals surface area contributed by atoms with Crippen LogP contribution in [0.15, 0.2) is 39.9 Å². The Morgan fingerprint density at radius 3 is 2.34 bits per heavy atom. The minimum absolute atomic E-state index is 0.00975. The van der Waals surface area contributed by atoms with E-state index in [9.17, 15) is 19.2 Å². The number of aryl methyl sites for hydroxylation is 1. The molecular formula is C26H33N5O4. The first kappa shape index (κ1) is 25.9. The molecule has 2 aromatic heterocycles. The highest BCUT2D eigenvalue weighted by atomic mass is 16.2. The van der Waals surface area contributed by atoms with E-state index >= 15 is 0 Å². The van der Waals surface area contributed by atoms with E-state index in [0.29, 0.717) is 24.2 Å². The van der Waals surface area contributed by atoms with Gasteiger partial charge in [0.15, 0.2) is 5.65 Å². The lowest BCUT2D eigenvalue weighted by molar-refractivity contribution is 0.0754. The molecule has 3 rings (SSSR count). The summed E-state index contributed by atoms with van der Waals surface area (Å²) in [6.45, 7) is 10.3. The highest BCUT2D eigenvalue weighted by Crippen LogP contribution is 2.20. The molecule has 2 heterocycles. The van der Waals surface area contributed by atoms with Gasteiger partial charge < -0.3 is 10.2 Å². The second-order valence-corrected chi connectivity index (χ2v) is 9.25. The third-order valence-corrected chi connectivity index (χ3v) is 6.00. The van der Waals surface area contributed by atoms with Crippen molar-refractivity contribution < 1.29 is 9.59 Å². The molecule has 2 N–H and O–H groups in total. The van der Waals surface area contributed by atoms with Gasteiger partial charge in [0.25, 0.3) is 17.4 Å². The fourth-order valence-electron chi connectivity index (χ4n) is 3.68. The quantitative estimate of drug-likeness (QED) is 0.515. The number of hydrogen-bond acceptors (Lipinski definition) is 5. The van der Waals surface area contributed by atoms with Crippen molar-refractivity contribution in [3.05, 3.63) is 73.6 Å². The van der Waals surface area contributed by atoms with Crippen molar-refractivity contribution >= 4 is 22.8 Å². The molecule has 186 valence electrons. The highest BCUT2D eigenvalue weighted by Gasteiger charge is 2.20. The van der Waals surface area contributed by atoms with Crippen molar-refractivity contribution in [1.29, 1.82) is 0 Å². The summed E-state index contributed by atoms with van der Waals surface area (Å²) in [7, 11) is 1.76. The Morgan fingerprint density at radius 1 is 1.11 bits per heavy atom. The Balaban J connectivity index is 1.93. The van der Waals surface area contributed by atoms with E-state index < -0.39 is 17.2 Å². The number of benzene rings is 1. The van der Waals surface area contributed by atoms with Gasteiger partial charge >= 0.3 is 5.69 Å². The van der Waals surface area contributed by atoms with Gasteiger partial charge in [-0.1, -0.05) is 32.9 Å². The summed E-state index contributed by atoms with van der Waals surface area (Å²) >= 11 is 0. The molecule has 9 nitrogen and oxygen atoms in total. The Bertz CT molecular complexity index is 1350. The van der Waals surface area contributed by atoms with Crippen LogP contribution in [-0.4, -0.2) is 44.3 Å². The maximum Gasteiger partial charge on any atom is 0.329 e. The number of carbonyl (C=O) groups excluding carboxylic acids is 2. The molecule has 3 aromatic rings. The molecule has 0 aliphatic rings. The largest absolute Gasteiger partial charge is 0.348 e. The number of amides is 2. The van der Waals surface area contributed by atoms with Crippen molar-refractivity contribution in [2.24, 2.45) is 0 Å². The SMILES string of the molecule is CCCn1c(=O)[nH]c(=O)c2c(C(=O)NCc3ccc(C(=O)N(C)C(C)C)cc3)cc(C(C)C)nc21. The Morgan fingerprint density at radius 2 is 1.77 bits per heavy atom. The number of nitrogens with zero attached hydrogens (tertiary/aromatic N) is 3. The lowest BCUT2D eigenvalue weighted by Crippen LogP contribution is -2.33. The van der Waals surface area contributed by atoms with Crippen LogP contribution in [0.25, 0.3) is 11.0 Å². The van der Waals surface area contributed by atoms with Gasteiger partial charge in [-0.3, -0.25) is 23.9 Å². The van der Waals surface area contributed by atoms with Crippen molar-refractivity contribution in [2.45, 2.75) is 66.1 Å². The summed E-state index contributed by atoms with van der Waals surface area (Å²) in [6.07, 6.45) is 0.668. The van der Waals surface area contributed by atoms with E-state index in [-0.39, 0.29) is 41.0 Å². The van der Waals surface area contributed by atoms with Crippen LogP contribution >= 0.6 is 0 Å². The number of carbonyl (C=O) groups is 2. The van der Waals surface area contributed by atoms with Gasteiger partial charge in [0.1, 0.15) is 0 Å². The molecule has 0 saturated heterocycles. The third kappa shape index (κ3) is 5.50. The standard InChI is InChI=1S/C26H33N5O4/c1-7-12-31-22-21(24(33)29-26(31)35)19(13-20(28-22)15(2)3)23(32)27-14-17-8-10-18(11-9-17)25(34)30(6)16(4)5/h8-11,13,15-16H,7,12,14H2,1-6H3,(H,27,32)(H,29,33,35). The molecule has 0 atom stereocenters. The molecule has 0 saturated carbocycles. The Labute approximate surface area is 204 Å². The monoisotopic (exact) mass is 479 g/mol. The predicted molar refractivity (Wildman–Crippen MR) is 136 cm³/mol. The first-order chi connectivity index (χ1) is 16.5. The molecule has 35 heavy (non-hydrogen) atoms. The molecule has 0 unspecified atom stereocenters. The van der Waals surface area contributed by atoms with E-state index in [4.69, 9.17) is 0 Å². The molecule has 1 aromatic carbocycles. The number of aromatic nitrogens is 3. The van der Waals surface area contributed by atoms with Crippen LogP contribution in [0, 0.1) is 0 Å². The zero-order valence-corrected chi connectivity index (χ0v) is 21.1. The zero-order valence-electron chi connectivity index (χ0n) is 21.1. The van der Waals surface area contributed by atoms with Gasteiger partial charge in [-0.25, -0.2) is 9.78 Å². The number of H-pyrrole nitrogens is 1. The minimum atomic E-state index is -0.637. The average molecular weight is 480 g/mol. The Hall–Kier alpha value is -3.75. The van der Waals surface area contributed by atoms with Gasteiger partial charge in [0.2, 0.25) is 0 Å². The van der Waals surface area contributed by atoms with Crippen molar-refractivity contribution in [3.63, 3.8) is 0 Å². The first-order valence-electron chi connectivity index (χ1n) is 11.9. The van der Waals surface area contributed by atoms with E-state index in [2.05, 4.69) is 15.3 Å². The topological polar surface area (TPSA) is 117 Å². The van der Waals surface area contributed by atoms with E-state index in [1.807, 2.05) is 34.6 Å². The molecule has 2 amide bonds. The summed E-state index contributed by atoms with van der Waals surface area (Å²) in [5.74, 6) is -0.520. The number of fused-ring (bicyclic) bond motifs is 1. The number of nitrogens with one attached hydrogen (secondary N) is 2. The summed E-state index contributed by atoms with van der Waals surface area (Å²) in [5, 5.41) is 2.95. The number of pyridine rings is 1.